The van der Waals surface area contributed by atoms with Crippen LogP contribution in [0.5, 0.6) is 11.5 Å². The first kappa shape index (κ1) is 20.5. The Bertz CT molecular complexity index is 1270. The number of carbonyl (C=O) groups excluding carboxylic acids is 1. The van der Waals surface area contributed by atoms with Crippen molar-refractivity contribution in [3.05, 3.63) is 57.7 Å². The summed E-state index contributed by atoms with van der Waals surface area (Å²) in [6.07, 6.45) is 0. The van der Waals surface area contributed by atoms with Crippen LogP contribution in [0.2, 0.25) is 10.0 Å². The summed E-state index contributed by atoms with van der Waals surface area (Å²) in [6, 6.07) is 10.5. The number of anilines is 1. The lowest BCUT2D eigenvalue weighted by Gasteiger charge is -2.12. The Labute approximate surface area is 186 Å². The van der Waals surface area contributed by atoms with Crippen LogP contribution in [0.15, 0.2) is 36.4 Å². The summed E-state index contributed by atoms with van der Waals surface area (Å²) < 4.78 is 13.1. The molecule has 0 aliphatic carbocycles. The first-order valence-electron chi connectivity index (χ1n) is 8.76. The van der Waals surface area contributed by atoms with E-state index in [1.165, 1.54) is 18.4 Å². The number of halogens is 2. The molecule has 10 heteroatoms. The molecule has 0 bridgehead atoms. The quantitative estimate of drug-likeness (QED) is 0.431. The summed E-state index contributed by atoms with van der Waals surface area (Å²) in [7, 11) is 3.04. The van der Waals surface area contributed by atoms with Gasteiger partial charge < -0.3 is 14.8 Å². The van der Waals surface area contributed by atoms with Gasteiger partial charge in [-0.25, -0.2) is 4.98 Å². The van der Waals surface area contributed by atoms with E-state index in [9.17, 15) is 4.79 Å². The molecule has 0 atom stereocenters. The standard InChI is InChI=1S/C20H16Cl2N4O3S/c1-10-8-16(24-19(27)17-12(21)5-6-13(22)18(17)29-3)26(25-10)20-23-14-7-4-11(28-2)9-15(14)30-20/h4-9H,1-3H3,(H,24,27). The Morgan fingerprint density at radius 1 is 1.10 bits per heavy atom. The molecule has 1 amide bonds. The van der Waals surface area contributed by atoms with Crippen LogP contribution in [0.25, 0.3) is 15.3 Å². The number of rotatable bonds is 5. The highest BCUT2D eigenvalue weighted by Crippen LogP contribution is 2.35. The third-order valence-corrected chi connectivity index (χ3v) is 5.93. The van der Waals surface area contributed by atoms with Crippen LogP contribution in [0.4, 0.5) is 5.82 Å². The van der Waals surface area contributed by atoms with Gasteiger partial charge in [-0.1, -0.05) is 34.5 Å². The van der Waals surface area contributed by atoms with Gasteiger partial charge in [-0.15, -0.1) is 0 Å². The molecule has 2 aromatic carbocycles. The van der Waals surface area contributed by atoms with Crippen molar-refractivity contribution in [2.24, 2.45) is 0 Å². The Kier molecular flexibility index (Phi) is 5.55. The van der Waals surface area contributed by atoms with Gasteiger partial charge in [-0.2, -0.15) is 9.78 Å². The second-order valence-electron chi connectivity index (χ2n) is 6.30. The fraction of sp³-hybridized carbons (Fsp3) is 0.150. The minimum Gasteiger partial charge on any atom is -0.497 e. The minimum atomic E-state index is -0.469. The number of aromatic nitrogens is 3. The lowest BCUT2D eigenvalue weighted by molar-refractivity contribution is 0.102. The van der Waals surface area contributed by atoms with Crippen LogP contribution in [0.3, 0.4) is 0 Å². The first-order chi connectivity index (χ1) is 14.4. The number of methoxy groups -OCH3 is 2. The van der Waals surface area contributed by atoms with Gasteiger partial charge in [0, 0.05) is 6.07 Å². The van der Waals surface area contributed by atoms with Gasteiger partial charge >= 0.3 is 0 Å². The summed E-state index contributed by atoms with van der Waals surface area (Å²) in [5.41, 5.74) is 1.66. The van der Waals surface area contributed by atoms with Crippen LogP contribution >= 0.6 is 34.5 Å². The Balaban J connectivity index is 1.73. The van der Waals surface area contributed by atoms with E-state index in [0.717, 1.165) is 16.0 Å². The van der Waals surface area contributed by atoms with Gasteiger partial charge in [0.15, 0.2) is 5.75 Å². The number of ether oxygens (including phenoxy) is 2. The van der Waals surface area contributed by atoms with Crippen molar-refractivity contribution >= 4 is 56.5 Å². The zero-order valence-electron chi connectivity index (χ0n) is 16.2. The maximum Gasteiger partial charge on any atom is 0.262 e. The van der Waals surface area contributed by atoms with Crippen molar-refractivity contribution in [3.63, 3.8) is 0 Å². The second-order valence-corrected chi connectivity index (χ2v) is 8.13. The molecular weight excluding hydrogens is 447 g/mol. The largest absolute Gasteiger partial charge is 0.497 e. The third-order valence-electron chi connectivity index (χ3n) is 4.33. The number of fused-ring (bicyclic) bond motifs is 1. The summed E-state index contributed by atoms with van der Waals surface area (Å²) in [4.78, 5) is 17.6. The molecule has 7 nitrogen and oxygen atoms in total. The van der Waals surface area contributed by atoms with Gasteiger partial charge in [0.2, 0.25) is 5.13 Å². The van der Waals surface area contributed by atoms with Crippen molar-refractivity contribution in [1.82, 2.24) is 14.8 Å². The molecule has 30 heavy (non-hydrogen) atoms. The van der Waals surface area contributed by atoms with Crippen molar-refractivity contribution in [2.45, 2.75) is 6.92 Å². The highest BCUT2D eigenvalue weighted by atomic mass is 35.5. The van der Waals surface area contributed by atoms with Crippen LogP contribution < -0.4 is 14.8 Å². The SMILES string of the molecule is COc1ccc2nc(-n3nc(C)cc3NC(=O)c3c(Cl)ccc(Cl)c3OC)sc2c1. The molecule has 0 saturated carbocycles. The zero-order valence-corrected chi connectivity index (χ0v) is 18.5. The molecule has 0 fully saturated rings. The van der Waals surface area contributed by atoms with Crippen molar-refractivity contribution in [1.29, 1.82) is 0 Å². The van der Waals surface area contributed by atoms with Crippen LogP contribution in [0, 0.1) is 6.92 Å². The molecule has 4 aromatic rings. The van der Waals surface area contributed by atoms with E-state index in [2.05, 4.69) is 15.4 Å². The fourth-order valence-corrected chi connectivity index (χ4v) is 4.40. The number of hydrogen-bond acceptors (Lipinski definition) is 6. The summed E-state index contributed by atoms with van der Waals surface area (Å²) >= 11 is 13.8. The molecule has 0 spiro atoms. The monoisotopic (exact) mass is 462 g/mol. The second kappa shape index (κ2) is 8.14. The zero-order chi connectivity index (χ0) is 21.4. The van der Waals surface area contributed by atoms with E-state index in [-0.39, 0.29) is 21.4 Å². The van der Waals surface area contributed by atoms with Crippen LogP contribution in [-0.2, 0) is 0 Å². The van der Waals surface area contributed by atoms with Crippen LogP contribution in [-0.4, -0.2) is 34.9 Å². The number of benzene rings is 2. The first-order valence-corrected chi connectivity index (χ1v) is 10.3. The Morgan fingerprint density at radius 3 is 2.60 bits per heavy atom. The smallest absolute Gasteiger partial charge is 0.262 e. The highest BCUT2D eigenvalue weighted by molar-refractivity contribution is 7.20. The molecular formula is C20H16Cl2N4O3S. The lowest BCUT2D eigenvalue weighted by atomic mass is 10.2. The van der Waals surface area contributed by atoms with Crippen molar-refractivity contribution in [3.8, 4) is 16.6 Å². The number of aryl methyl sites for hydroxylation is 1. The third kappa shape index (κ3) is 3.69. The van der Waals surface area contributed by atoms with Gasteiger partial charge in [0.25, 0.3) is 5.91 Å². The van der Waals surface area contributed by atoms with Gasteiger partial charge in [-0.05, 0) is 37.3 Å². The van der Waals surface area contributed by atoms with Crippen LogP contribution in [0.1, 0.15) is 16.1 Å². The number of nitrogens with zero attached hydrogens (tertiary/aromatic N) is 3. The minimum absolute atomic E-state index is 0.145. The number of hydrogen-bond donors (Lipinski definition) is 1. The number of nitrogens with one attached hydrogen (secondary N) is 1. The van der Waals surface area contributed by atoms with Crippen molar-refractivity contribution < 1.29 is 14.3 Å². The average molecular weight is 463 g/mol. The predicted octanol–water partition coefficient (Wildman–Crippen LogP) is 5.37. The van der Waals surface area contributed by atoms with E-state index >= 15 is 0 Å². The van der Waals surface area contributed by atoms with E-state index in [1.807, 2.05) is 25.1 Å². The predicted molar refractivity (Wildman–Crippen MR) is 119 cm³/mol. The summed E-state index contributed by atoms with van der Waals surface area (Å²) in [5, 5.41) is 8.43. The maximum atomic E-state index is 13.0. The van der Waals surface area contributed by atoms with Gasteiger partial charge in [0.1, 0.15) is 17.1 Å². The number of thiazole rings is 1. The summed E-state index contributed by atoms with van der Waals surface area (Å²) in [6.45, 7) is 1.83. The molecule has 154 valence electrons. The van der Waals surface area contributed by atoms with E-state index in [1.54, 1.807) is 30.0 Å². The van der Waals surface area contributed by atoms with E-state index in [0.29, 0.717) is 16.6 Å². The molecule has 4 rings (SSSR count). The van der Waals surface area contributed by atoms with E-state index in [4.69, 9.17) is 32.7 Å². The molecule has 0 unspecified atom stereocenters. The van der Waals surface area contributed by atoms with E-state index < -0.39 is 5.91 Å². The topological polar surface area (TPSA) is 78.3 Å². The molecule has 0 aliphatic heterocycles. The molecule has 1 N–H and O–H groups in total. The average Bonchev–Trinajstić information content (AvgIpc) is 3.31. The summed E-state index contributed by atoms with van der Waals surface area (Å²) in [5.74, 6) is 0.923. The normalized spacial score (nSPS) is 11.0. The lowest BCUT2D eigenvalue weighted by Crippen LogP contribution is -2.16. The molecule has 0 aliphatic rings. The highest BCUT2D eigenvalue weighted by Gasteiger charge is 2.22. The molecule has 0 saturated heterocycles. The maximum absolute atomic E-state index is 13.0. The molecule has 2 heterocycles. The van der Waals surface area contributed by atoms with Gasteiger partial charge in [-0.3, -0.25) is 4.79 Å². The molecule has 0 radical (unpaired) electrons. The Hall–Kier alpha value is -2.81. The fourth-order valence-electron chi connectivity index (χ4n) is 2.97. The number of amides is 1. The number of carbonyl (C=O) groups is 1. The van der Waals surface area contributed by atoms with Crippen molar-refractivity contribution in [2.75, 3.05) is 19.5 Å². The molecule has 2 aromatic heterocycles. The van der Waals surface area contributed by atoms with Gasteiger partial charge in [0.05, 0.1) is 40.2 Å². The Morgan fingerprint density at radius 2 is 1.87 bits per heavy atom.